The fraction of sp³-hybridized carbons (Fsp3) is 0.333. The summed E-state index contributed by atoms with van der Waals surface area (Å²) in [5, 5.41) is 0. The first-order valence-corrected chi connectivity index (χ1v) is 31.5. The molecular formula is C81H86BN3. The second-order valence-corrected chi connectivity index (χ2v) is 31.5. The molecule has 0 fully saturated rings. The molecule has 0 spiro atoms. The third-order valence-corrected chi connectivity index (χ3v) is 20.9. The van der Waals surface area contributed by atoms with Gasteiger partial charge in [-0.25, -0.2) is 0 Å². The Morgan fingerprint density at radius 2 is 0.871 bits per heavy atom. The van der Waals surface area contributed by atoms with Gasteiger partial charge in [0.2, 0.25) is 0 Å². The molecule has 428 valence electrons. The summed E-state index contributed by atoms with van der Waals surface area (Å²) in [6.07, 6.45) is 1.97. The molecule has 0 atom stereocenters. The summed E-state index contributed by atoms with van der Waals surface area (Å²) < 4.78 is 0. The fourth-order valence-corrected chi connectivity index (χ4v) is 16.4. The highest BCUT2D eigenvalue weighted by Gasteiger charge is 2.50. The van der Waals surface area contributed by atoms with Crippen molar-refractivity contribution in [3.8, 4) is 11.1 Å². The van der Waals surface area contributed by atoms with Gasteiger partial charge in [0.25, 0.3) is 6.71 Å². The summed E-state index contributed by atoms with van der Waals surface area (Å²) in [7, 11) is 0. The molecule has 0 radical (unpaired) electrons. The molecule has 85 heavy (non-hydrogen) atoms. The molecule has 0 aromatic heterocycles. The van der Waals surface area contributed by atoms with E-state index in [2.05, 4.69) is 309 Å². The third-order valence-electron chi connectivity index (χ3n) is 20.9. The summed E-state index contributed by atoms with van der Waals surface area (Å²) >= 11 is 0. The molecule has 0 saturated carbocycles. The van der Waals surface area contributed by atoms with Gasteiger partial charge in [-0.1, -0.05) is 227 Å². The SMILES string of the molecule is Cc1cc2c(cc1N1c3ccc(C(C)(C)C)cc3B3c4cc5c(cc4N(c4cccc6c4Cc4ccccc4-6)c4cc(N(c6ccc(C(C)(C)C)cc6)c6ccc(C(C)(C)C)cc6)cc1c43)C(C)(C)c1ccccc1C5(C)C)C(C)(C)CC2(C)C. The molecule has 9 aromatic rings. The maximum Gasteiger partial charge on any atom is 0.252 e. The maximum absolute atomic E-state index is 2.75. The van der Waals surface area contributed by atoms with Gasteiger partial charge in [0.05, 0.1) is 11.4 Å². The molecule has 14 rings (SSSR count). The average Bonchev–Trinajstić information content (AvgIpc) is 1.62. The van der Waals surface area contributed by atoms with Crippen LogP contribution in [0.15, 0.2) is 170 Å². The summed E-state index contributed by atoms with van der Waals surface area (Å²) in [6, 6.07) is 67.7. The monoisotopic (exact) mass is 1110 g/mol. The van der Waals surface area contributed by atoms with Crippen LogP contribution < -0.4 is 31.1 Å². The summed E-state index contributed by atoms with van der Waals surface area (Å²) in [5.41, 5.74) is 33.6. The van der Waals surface area contributed by atoms with E-state index < -0.39 is 0 Å². The van der Waals surface area contributed by atoms with Crippen LogP contribution in [0.1, 0.15) is 191 Å². The second-order valence-electron chi connectivity index (χ2n) is 31.5. The van der Waals surface area contributed by atoms with Gasteiger partial charge in [-0.2, -0.15) is 0 Å². The molecule has 0 amide bonds. The van der Waals surface area contributed by atoms with Crippen LogP contribution in [0.4, 0.5) is 51.2 Å². The quantitative estimate of drug-likeness (QED) is 0.159. The number of anilines is 9. The van der Waals surface area contributed by atoms with E-state index in [1.807, 2.05) is 0 Å². The van der Waals surface area contributed by atoms with Crippen molar-refractivity contribution in [1.29, 1.82) is 0 Å². The molecule has 3 nitrogen and oxygen atoms in total. The Balaban J connectivity index is 1.15. The standard InChI is InChI=1S/C81H86BN3/c1-49-40-62-63(79(13,14)48-78(62,11)12)46-70(49)85-69-39-34-53(77(8,9)10)42-66(69)82-67-45-64-65(81(17,18)61-28-22-21-27-60(61)80(64,15)16)47-71(67)84(68-29-23-26-58-57-25-20-19-24-50(57)41-59(58)68)72-43-56(44-73(85)74(72)82)83(54-35-30-51(31-36-54)75(2,3)4)55-37-32-52(33-38-55)76(5,6)7/h19-40,42-47H,41,48H2,1-18H3. The largest absolute Gasteiger partial charge is 0.311 e. The number of hydrogen-bond donors (Lipinski definition) is 0. The Morgan fingerprint density at radius 3 is 1.45 bits per heavy atom. The highest BCUT2D eigenvalue weighted by Crippen LogP contribution is 2.57. The molecule has 2 heterocycles. The first-order valence-electron chi connectivity index (χ1n) is 31.5. The zero-order valence-corrected chi connectivity index (χ0v) is 54.0. The average molecular weight is 1110 g/mol. The highest BCUT2D eigenvalue weighted by atomic mass is 15.2. The van der Waals surface area contributed by atoms with Crippen molar-refractivity contribution in [2.45, 2.75) is 175 Å². The van der Waals surface area contributed by atoms with E-state index in [-0.39, 0.29) is 44.6 Å². The molecule has 0 unspecified atom stereocenters. The maximum atomic E-state index is 2.75. The van der Waals surface area contributed by atoms with E-state index in [1.165, 1.54) is 128 Å². The molecule has 0 saturated heterocycles. The van der Waals surface area contributed by atoms with Crippen molar-refractivity contribution < 1.29 is 0 Å². The number of nitrogens with zero attached hydrogens (tertiary/aromatic N) is 3. The van der Waals surface area contributed by atoms with Crippen molar-refractivity contribution in [1.82, 2.24) is 0 Å². The lowest BCUT2D eigenvalue weighted by Gasteiger charge is -2.48. The minimum atomic E-state index is -0.270. The summed E-state index contributed by atoms with van der Waals surface area (Å²) in [6.45, 7) is 43.1. The molecular weight excluding hydrogens is 1030 g/mol. The van der Waals surface area contributed by atoms with E-state index in [1.54, 1.807) is 0 Å². The molecule has 3 aliphatic carbocycles. The van der Waals surface area contributed by atoms with Crippen molar-refractivity contribution in [2.24, 2.45) is 0 Å². The van der Waals surface area contributed by atoms with Gasteiger partial charge >= 0.3 is 0 Å². The molecule has 0 N–H and O–H groups in total. The van der Waals surface area contributed by atoms with Crippen molar-refractivity contribution in [2.75, 3.05) is 14.7 Å². The van der Waals surface area contributed by atoms with Crippen LogP contribution in [0.2, 0.25) is 0 Å². The van der Waals surface area contributed by atoms with Crippen LogP contribution in [0.5, 0.6) is 0 Å². The van der Waals surface area contributed by atoms with Gasteiger partial charge in [0, 0.05) is 57.1 Å². The van der Waals surface area contributed by atoms with Gasteiger partial charge in [0.15, 0.2) is 0 Å². The predicted molar refractivity (Wildman–Crippen MR) is 366 cm³/mol. The van der Waals surface area contributed by atoms with Crippen LogP contribution in [-0.4, -0.2) is 6.71 Å². The lowest BCUT2D eigenvalue weighted by molar-refractivity contribution is 0.403. The van der Waals surface area contributed by atoms with Crippen LogP contribution in [0, 0.1) is 6.92 Å². The Kier molecular flexibility index (Phi) is 11.9. The Hall–Kier alpha value is -7.56. The van der Waals surface area contributed by atoms with Gasteiger partial charge in [-0.15, -0.1) is 0 Å². The highest BCUT2D eigenvalue weighted by molar-refractivity contribution is 7.00. The van der Waals surface area contributed by atoms with Crippen molar-refractivity contribution in [3.05, 3.63) is 237 Å². The predicted octanol–water partition coefficient (Wildman–Crippen LogP) is 19.9. The third kappa shape index (κ3) is 8.34. The first kappa shape index (κ1) is 55.3. The minimum Gasteiger partial charge on any atom is -0.311 e. The van der Waals surface area contributed by atoms with Crippen molar-refractivity contribution >= 4 is 74.3 Å². The Labute approximate surface area is 509 Å². The van der Waals surface area contributed by atoms with Gasteiger partial charge in [-0.3, -0.25) is 0 Å². The van der Waals surface area contributed by atoms with E-state index in [9.17, 15) is 0 Å². The molecule has 2 aliphatic heterocycles. The van der Waals surface area contributed by atoms with Crippen LogP contribution in [0.25, 0.3) is 11.1 Å². The zero-order valence-electron chi connectivity index (χ0n) is 54.0. The zero-order chi connectivity index (χ0) is 60.0. The van der Waals surface area contributed by atoms with E-state index in [4.69, 9.17) is 0 Å². The lowest BCUT2D eigenvalue weighted by Crippen LogP contribution is -2.62. The Morgan fingerprint density at radius 1 is 0.388 bits per heavy atom. The smallest absolute Gasteiger partial charge is 0.252 e. The van der Waals surface area contributed by atoms with E-state index >= 15 is 0 Å². The summed E-state index contributed by atoms with van der Waals surface area (Å²) in [4.78, 5) is 8.03. The number of aryl methyl sites for hydroxylation is 1. The molecule has 0 bridgehead atoms. The number of benzene rings is 9. The topological polar surface area (TPSA) is 9.72 Å². The lowest BCUT2D eigenvalue weighted by atomic mass is 9.33. The fourth-order valence-electron chi connectivity index (χ4n) is 16.4. The molecule has 9 aromatic carbocycles. The number of fused-ring (bicyclic) bond motifs is 10. The number of rotatable bonds is 5. The molecule has 4 heteroatoms. The van der Waals surface area contributed by atoms with Crippen LogP contribution in [0.3, 0.4) is 0 Å². The van der Waals surface area contributed by atoms with Gasteiger partial charge in [0.1, 0.15) is 0 Å². The van der Waals surface area contributed by atoms with E-state index in [0.717, 1.165) is 29.9 Å². The minimum absolute atomic E-state index is 0.00445. The normalized spacial score (nSPS) is 17.0. The van der Waals surface area contributed by atoms with Gasteiger partial charge < -0.3 is 14.7 Å². The first-order chi connectivity index (χ1) is 39.9. The molecule has 5 aliphatic rings. The van der Waals surface area contributed by atoms with Gasteiger partial charge in [-0.05, 0) is 195 Å². The second kappa shape index (κ2) is 18.2. The Bertz CT molecular complexity index is 4200. The summed E-state index contributed by atoms with van der Waals surface area (Å²) in [5.74, 6) is 0. The van der Waals surface area contributed by atoms with Crippen LogP contribution in [-0.2, 0) is 44.3 Å². The van der Waals surface area contributed by atoms with E-state index in [0.29, 0.717) is 0 Å². The number of hydrogen-bond acceptors (Lipinski definition) is 3. The van der Waals surface area contributed by atoms with Crippen molar-refractivity contribution in [3.63, 3.8) is 0 Å². The van der Waals surface area contributed by atoms with Crippen LogP contribution >= 0.6 is 0 Å².